The molecule has 0 fully saturated rings. The summed E-state index contributed by atoms with van der Waals surface area (Å²) >= 11 is 6.12. The normalized spacial score (nSPS) is 11.3. The molecule has 3 aromatic rings. The lowest BCUT2D eigenvalue weighted by Crippen LogP contribution is -1.96. The second kappa shape index (κ2) is 6.31. The molecule has 0 aliphatic rings. The first-order valence-corrected chi connectivity index (χ1v) is 7.46. The second-order valence-electron chi connectivity index (χ2n) is 5.12. The van der Waals surface area contributed by atoms with Crippen LogP contribution in [0.5, 0.6) is 0 Å². The predicted molar refractivity (Wildman–Crippen MR) is 92.0 cm³/mol. The van der Waals surface area contributed by atoms with Crippen molar-refractivity contribution >= 4 is 34.9 Å². The monoisotopic (exact) mass is 325 g/mol. The molecule has 0 saturated carbocycles. The largest absolute Gasteiger partial charge is 0.299 e. The van der Waals surface area contributed by atoms with Crippen LogP contribution in [0, 0.1) is 12.7 Å². The molecule has 23 heavy (non-hydrogen) atoms. The van der Waals surface area contributed by atoms with E-state index in [4.69, 9.17) is 11.6 Å². The third-order valence-electron chi connectivity index (χ3n) is 3.66. The Morgan fingerprint density at radius 3 is 2.70 bits per heavy atom. The van der Waals surface area contributed by atoms with Crippen LogP contribution in [0.25, 0.3) is 28.1 Å². The lowest BCUT2D eigenvalue weighted by Gasteiger charge is -2.14. The number of aryl methyl sites for hydroxylation is 1. The van der Waals surface area contributed by atoms with Crippen LogP contribution in [0.2, 0.25) is 5.02 Å². The quantitative estimate of drug-likeness (QED) is 0.488. The molecule has 3 rings (SSSR count). The maximum Gasteiger partial charge on any atom is 0.142 e. The zero-order valence-corrected chi connectivity index (χ0v) is 13.1. The number of hydrogen-bond donors (Lipinski definition) is 0. The van der Waals surface area contributed by atoms with Gasteiger partial charge in [-0.3, -0.25) is 9.78 Å². The van der Waals surface area contributed by atoms with Gasteiger partial charge in [-0.1, -0.05) is 29.8 Å². The number of fused-ring (bicyclic) bond motifs is 1. The summed E-state index contributed by atoms with van der Waals surface area (Å²) < 4.78 is 14.4. The number of aromatic nitrogens is 1. The van der Waals surface area contributed by atoms with Crippen LogP contribution in [0.4, 0.5) is 4.39 Å². The highest BCUT2D eigenvalue weighted by molar-refractivity contribution is 6.31. The number of carbonyl (C=O) groups excluding carboxylic acids is 1. The third kappa shape index (κ3) is 2.88. The number of nitrogens with zero attached hydrogens (tertiary/aromatic N) is 1. The molecular weight excluding hydrogens is 313 g/mol. The average molecular weight is 326 g/mol. The minimum Gasteiger partial charge on any atom is -0.299 e. The number of rotatable bonds is 3. The van der Waals surface area contributed by atoms with E-state index in [1.807, 2.05) is 13.0 Å². The Morgan fingerprint density at radius 1 is 1.17 bits per heavy atom. The Balaban J connectivity index is 2.48. The standard InChI is InChI=1S/C19H13ClFNO/c1-12-14(6-4-10-23)19(15-5-2-3-7-17(15)21)16-11-13(20)8-9-18(16)22-12/h2-11H,1H3. The van der Waals surface area contributed by atoms with Crippen molar-refractivity contribution in [3.8, 4) is 11.1 Å². The molecule has 114 valence electrons. The van der Waals surface area contributed by atoms with Crippen LogP contribution in [0.3, 0.4) is 0 Å². The fourth-order valence-electron chi connectivity index (χ4n) is 2.67. The van der Waals surface area contributed by atoms with Gasteiger partial charge < -0.3 is 0 Å². The Morgan fingerprint density at radius 2 is 1.96 bits per heavy atom. The van der Waals surface area contributed by atoms with Crippen LogP contribution in [0.15, 0.2) is 48.5 Å². The van der Waals surface area contributed by atoms with Crippen molar-refractivity contribution < 1.29 is 9.18 Å². The topological polar surface area (TPSA) is 30.0 Å². The van der Waals surface area contributed by atoms with Crippen molar-refractivity contribution in [1.29, 1.82) is 0 Å². The van der Waals surface area contributed by atoms with Gasteiger partial charge in [0.1, 0.15) is 12.1 Å². The first-order chi connectivity index (χ1) is 11.1. The summed E-state index contributed by atoms with van der Waals surface area (Å²) in [4.78, 5) is 15.3. The highest BCUT2D eigenvalue weighted by Crippen LogP contribution is 2.36. The first kappa shape index (κ1) is 15.4. The van der Waals surface area contributed by atoms with Crippen molar-refractivity contribution in [3.05, 3.63) is 70.6 Å². The van der Waals surface area contributed by atoms with Gasteiger partial charge in [0.15, 0.2) is 0 Å². The van der Waals surface area contributed by atoms with Crippen LogP contribution < -0.4 is 0 Å². The minimum atomic E-state index is -0.333. The number of hydrogen-bond acceptors (Lipinski definition) is 2. The molecule has 4 heteroatoms. The molecule has 0 amide bonds. The summed E-state index contributed by atoms with van der Waals surface area (Å²) in [6, 6.07) is 11.9. The summed E-state index contributed by atoms with van der Waals surface area (Å²) in [7, 11) is 0. The van der Waals surface area contributed by atoms with E-state index >= 15 is 0 Å². The number of allylic oxidation sites excluding steroid dienone is 1. The molecule has 1 aromatic heterocycles. The molecule has 2 aromatic carbocycles. The molecule has 0 aliphatic heterocycles. The molecule has 2 nitrogen and oxygen atoms in total. The van der Waals surface area contributed by atoms with Crippen molar-refractivity contribution in [3.63, 3.8) is 0 Å². The second-order valence-corrected chi connectivity index (χ2v) is 5.56. The lowest BCUT2D eigenvalue weighted by molar-refractivity contribution is -0.104. The Labute approximate surface area is 138 Å². The third-order valence-corrected chi connectivity index (χ3v) is 3.89. The minimum absolute atomic E-state index is 0.333. The van der Waals surface area contributed by atoms with Gasteiger partial charge in [0, 0.05) is 32.8 Å². The van der Waals surface area contributed by atoms with Gasteiger partial charge in [0.25, 0.3) is 0 Å². The van der Waals surface area contributed by atoms with Gasteiger partial charge in [0.05, 0.1) is 5.52 Å². The van der Waals surface area contributed by atoms with E-state index in [0.29, 0.717) is 28.0 Å². The SMILES string of the molecule is Cc1nc2ccc(Cl)cc2c(-c2ccccc2F)c1C=CC=O. The fourth-order valence-corrected chi connectivity index (χ4v) is 2.84. The van der Waals surface area contributed by atoms with E-state index in [1.54, 1.807) is 36.4 Å². The first-order valence-electron chi connectivity index (χ1n) is 7.08. The fraction of sp³-hybridized carbons (Fsp3) is 0.0526. The number of pyridine rings is 1. The van der Waals surface area contributed by atoms with E-state index in [9.17, 15) is 9.18 Å². The van der Waals surface area contributed by atoms with E-state index in [-0.39, 0.29) is 5.82 Å². The molecule has 0 N–H and O–H groups in total. The molecule has 0 bridgehead atoms. The van der Waals surface area contributed by atoms with Gasteiger partial charge in [-0.25, -0.2) is 4.39 Å². The smallest absolute Gasteiger partial charge is 0.142 e. The Hall–Kier alpha value is -2.52. The molecule has 1 heterocycles. The van der Waals surface area contributed by atoms with Crippen molar-refractivity contribution in [2.45, 2.75) is 6.92 Å². The van der Waals surface area contributed by atoms with E-state index in [1.165, 1.54) is 12.1 Å². The van der Waals surface area contributed by atoms with Gasteiger partial charge >= 0.3 is 0 Å². The molecular formula is C19H13ClFNO. The zero-order chi connectivity index (χ0) is 16.4. The van der Waals surface area contributed by atoms with Gasteiger partial charge in [-0.2, -0.15) is 0 Å². The van der Waals surface area contributed by atoms with E-state index < -0.39 is 0 Å². The van der Waals surface area contributed by atoms with Gasteiger partial charge in [-0.05, 0) is 43.3 Å². The van der Waals surface area contributed by atoms with Crippen LogP contribution >= 0.6 is 11.6 Å². The highest BCUT2D eigenvalue weighted by atomic mass is 35.5. The van der Waals surface area contributed by atoms with Crippen molar-refractivity contribution in [1.82, 2.24) is 4.98 Å². The summed E-state index contributed by atoms with van der Waals surface area (Å²) in [6.45, 7) is 1.84. The number of halogens is 2. The maximum atomic E-state index is 14.4. The number of carbonyl (C=O) groups is 1. The van der Waals surface area contributed by atoms with Crippen molar-refractivity contribution in [2.24, 2.45) is 0 Å². The molecule has 0 saturated heterocycles. The average Bonchev–Trinajstić information content (AvgIpc) is 2.54. The highest BCUT2D eigenvalue weighted by Gasteiger charge is 2.16. The summed E-state index contributed by atoms with van der Waals surface area (Å²) in [5.41, 5.74) is 3.29. The van der Waals surface area contributed by atoms with Crippen LogP contribution in [-0.2, 0) is 4.79 Å². The molecule has 0 atom stereocenters. The molecule has 0 radical (unpaired) electrons. The molecule has 0 aliphatic carbocycles. The van der Waals surface area contributed by atoms with Crippen molar-refractivity contribution in [2.75, 3.05) is 0 Å². The van der Waals surface area contributed by atoms with Gasteiger partial charge in [-0.15, -0.1) is 0 Å². The van der Waals surface area contributed by atoms with Crippen LogP contribution in [0.1, 0.15) is 11.3 Å². The zero-order valence-electron chi connectivity index (χ0n) is 12.4. The number of benzene rings is 2. The predicted octanol–water partition coefficient (Wildman–Crippen LogP) is 5.21. The Kier molecular flexibility index (Phi) is 4.22. The summed E-state index contributed by atoms with van der Waals surface area (Å²) in [5, 5.41) is 1.30. The molecule has 0 spiro atoms. The number of aldehydes is 1. The van der Waals surface area contributed by atoms with E-state index in [0.717, 1.165) is 16.6 Å². The summed E-state index contributed by atoms with van der Waals surface area (Å²) in [6.07, 6.45) is 3.72. The van der Waals surface area contributed by atoms with Gasteiger partial charge in [0.2, 0.25) is 0 Å². The van der Waals surface area contributed by atoms with Crippen LogP contribution in [-0.4, -0.2) is 11.3 Å². The molecule has 0 unspecified atom stereocenters. The summed E-state index contributed by atoms with van der Waals surface area (Å²) in [5.74, 6) is -0.333. The Bertz CT molecular complexity index is 934. The van der Waals surface area contributed by atoms with E-state index in [2.05, 4.69) is 4.98 Å². The maximum absolute atomic E-state index is 14.4. The lowest BCUT2D eigenvalue weighted by atomic mass is 9.93.